The van der Waals surface area contributed by atoms with Crippen molar-refractivity contribution in [2.75, 3.05) is 0 Å². The number of aryl methyl sites for hydroxylation is 3. The molecule has 0 heteroatoms. The summed E-state index contributed by atoms with van der Waals surface area (Å²) < 4.78 is 0. The zero-order valence-corrected chi connectivity index (χ0v) is 7.28. The summed E-state index contributed by atoms with van der Waals surface area (Å²) >= 11 is 0. The first-order valence-corrected chi connectivity index (χ1v) is 4.36. The highest BCUT2D eigenvalue weighted by Gasteiger charge is 2.12. The molecule has 0 bridgehead atoms. The minimum absolute atomic E-state index is 1.30. The Morgan fingerprint density at radius 1 is 1.09 bits per heavy atom. The average Bonchev–Trinajstić information content (AvgIpc) is 2.34. The second kappa shape index (κ2) is 2.37. The summed E-state index contributed by atoms with van der Waals surface area (Å²) in [4.78, 5) is 0. The van der Waals surface area contributed by atoms with Gasteiger partial charge in [0.05, 0.1) is 0 Å². The van der Waals surface area contributed by atoms with Crippen LogP contribution in [0.1, 0.15) is 28.7 Å². The normalized spacial score (nSPS) is 15.1. The third-order valence-electron chi connectivity index (χ3n) is 2.58. The van der Waals surface area contributed by atoms with Gasteiger partial charge in [0.15, 0.2) is 0 Å². The summed E-state index contributed by atoms with van der Waals surface area (Å²) in [6.07, 6.45) is 3.97. The van der Waals surface area contributed by atoms with Gasteiger partial charge in [-0.2, -0.15) is 0 Å². The van der Waals surface area contributed by atoms with E-state index in [9.17, 15) is 0 Å². The summed E-state index contributed by atoms with van der Waals surface area (Å²) in [6.45, 7) is 4.42. The van der Waals surface area contributed by atoms with Crippen molar-refractivity contribution in [1.82, 2.24) is 0 Å². The van der Waals surface area contributed by atoms with Crippen molar-refractivity contribution >= 4 is 0 Å². The van der Waals surface area contributed by atoms with E-state index in [0.29, 0.717) is 0 Å². The van der Waals surface area contributed by atoms with Gasteiger partial charge >= 0.3 is 0 Å². The van der Waals surface area contributed by atoms with Crippen LogP contribution < -0.4 is 0 Å². The molecule has 1 aliphatic rings. The maximum absolute atomic E-state index is 2.34. The van der Waals surface area contributed by atoms with E-state index in [4.69, 9.17) is 0 Å². The van der Waals surface area contributed by atoms with Gasteiger partial charge in [0.1, 0.15) is 0 Å². The quantitative estimate of drug-likeness (QED) is 0.528. The zero-order valence-electron chi connectivity index (χ0n) is 7.28. The van der Waals surface area contributed by atoms with E-state index in [-0.39, 0.29) is 0 Å². The first-order chi connectivity index (χ1) is 5.27. The van der Waals surface area contributed by atoms with Crippen LogP contribution in [-0.4, -0.2) is 0 Å². The number of hydrogen-bond acceptors (Lipinski definition) is 0. The van der Waals surface area contributed by atoms with Crippen molar-refractivity contribution in [1.29, 1.82) is 0 Å². The summed E-state index contributed by atoms with van der Waals surface area (Å²) in [5.74, 6) is 0. The highest BCUT2D eigenvalue weighted by molar-refractivity contribution is 5.40. The molecule has 0 radical (unpaired) electrons. The van der Waals surface area contributed by atoms with Crippen LogP contribution in [0.25, 0.3) is 0 Å². The van der Waals surface area contributed by atoms with E-state index < -0.39 is 0 Å². The molecule has 0 unspecified atom stereocenters. The van der Waals surface area contributed by atoms with Crippen molar-refractivity contribution in [2.45, 2.75) is 33.1 Å². The zero-order chi connectivity index (χ0) is 7.84. The van der Waals surface area contributed by atoms with Crippen molar-refractivity contribution < 1.29 is 0 Å². The molecule has 1 aliphatic carbocycles. The van der Waals surface area contributed by atoms with Crippen LogP contribution in [0.2, 0.25) is 0 Å². The van der Waals surface area contributed by atoms with E-state index in [1.807, 2.05) is 0 Å². The number of hydrogen-bond donors (Lipinski definition) is 0. The van der Waals surface area contributed by atoms with Crippen molar-refractivity contribution in [3.05, 3.63) is 34.4 Å². The minimum atomic E-state index is 1.30. The molecule has 0 aliphatic heterocycles. The van der Waals surface area contributed by atoms with Gasteiger partial charge in [0, 0.05) is 0 Å². The maximum atomic E-state index is 2.34. The Labute approximate surface area is 68.3 Å². The topological polar surface area (TPSA) is 0 Å². The molecule has 11 heavy (non-hydrogen) atoms. The first kappa shape index (κ1) is 6.90. The van der Waals surface area contributed by atoms with Gasteiger partial charge in [-0.15, -0.1) is 0 Å². The van der Waals surface area contributed by atoms with Gasteiger partial charge in [0.25, 0.3) is 0 Å². The molecule has 1 aromatic rings. The number of benzene rings is 1. The molecular formula is C11H14. The van der Waals surface area contributed by atoms with E-state index in [0.717, 1.165) is 0 Å². The predicted octanol–water partition coefficient (Wildman–Crippen LogP) is 2.79. The fraction of sp³-hybridized carbons (Fsp3) is 0.455. The average molecular weight is 146 g/mol. The highest BCUT2D eigenvalue weighted by Crippen LogP contribution is 2.25. The summed E-state index contributed by atoms with van der Waals surface area (Å²) in [6, 6.07) is 4.64. The van der Waals surface area contributed by atoms with Crippen LogP contribution >= 0.6 is 0 Å². The van der Waals surface area contributed by atoms with Gasteiger partial charge in [-0.3, -0.25) is 0 Å². The maximum Gasteiger partial charge on any atom is -0.0270 e. The predicted molar refractivity (Wildman–Crippen MR) is 47.9 cm³/mol. The molecule has 0 nitrogen and oxygen atoms in total. The lowest BCUT2D eigenvalue weighted by Gasteiger charge is -2.04. The number of fused-ring (bicyclic) bond motifs is 1. The molecule has 0 saturated carbocycles. The molecular weight excluding hydrogens is 132 g/mol. The van der Waals surface area contributed by atoms with Gasteiger partial charge < -0.3 is 0 Å². The third kappa shape index (κ3) is 1.07. The fourth-order valence-electron chi connectivity index (χ4n) is 2.12. The number of rotatable bonds is 0. The van der Waals surface area contributed by atoms with Gasteiger partial charge in [0.2, 0.25) is 0 Å². The first-order valence-electron chi connectivity index (χ1n) is 4.36. The smallest absolute Gasteiger partial charge is 0.0270 e. The summed E-state index contributed by atoms with van der Waals surface area (Å²) in [5.41, 5.74) is 6.14. The second-order valence-corrected chi connectivity index (χ2v) is 3.57. The highest BCUT2D eigenvalue weighted by atomic mass is 14.2. The minimum Gasteiger partial charge on any atom is -0.0561 e. The standard InChI is InChI=1S/C11H14/c1-8-6-9(2)11-5-3-4-10(11)7-8/h6-7H,3-5H2,1-2H3. The Morgan fingerprint density at radius 2 is 1.91 bits per heavy atom. The van der Waals surface area contributed by atoms with Crippen molar-refractivity contribution in [2.24, 2.45) is 0 Å². The molecule has 0 heterocycles. The van der Waals surface area contributed by atoms with Crippen LogP contribution in [0.4, 0.5) is 0 Å². The lowest BCUT2D eigenvalue weighted by molar-refractivity contribution is 0.909. The second-order valence-electron chi connectivity index (χ2n) is 3.57. The molecule has 0 aromatic heterocycles. The lowest BCUT2D eigenvalue weighted by atomic mass is 10.0. The van der Waals surface area contributed by atoms with Crippen LogP contribution in [0.3, 0.4) is 0 Å². The molecule has 2 rings (SSSR count). The molecule has 58 valence electrons. The fourth-order valence-corrected chi connectivity index (χ4v) is 2.12. The third-order valence-corrected chi connectivity index (χ3v) is 2.58. The molecule has 0 fully saturated rings. The molecule has 0 saturated heterocycles. The molecule has 1 aromatic carbocycles. The van der Waals surface area contributed by atoms with Crippen LogP contribution in [0.15, 0.2) is 12.1 Å². The van der Waals surface area contributed by atoms with Crippen LogP contribution in [0.5, 0.6) is 0 Å². The summed E-state index contributed by atoms with van der Waals surface area (Å²) in [5, 5.41) is 0. The Bertz CT molecular complexity index is 284. The Balaban J connectivity index is 2.60. The largest absolute Gasteiger partial charge is 0.0561 e. The summed E-state index contributed by atoms with van der Waals surface area (Å²) in [7, 11) is 0. The van der Waals surface area contributed by atoms with Gasteiger partial charge in [-0.25, -0.2) is 0 Å². The van der Waals surface area contributed by atoms with Crippen LogP contribution in [-0.2, 0) is 12.8 Å². The molecule has 0 atom stereocenters. The van der Waals surface area contributed by atoms with Crippen molar-refractivity contribution in [3.8, 4) is 0 Å². The van der Waals surface area contributed by atoms with E-state index in [1.165, 1.54) is 30.4 Å². The molecule has 0 spiro atoms. The van der Waals surface area contributed by atoms with Gasteiger partial charge in [-0.1, -0.05) is 17.7 Å². The van der Waals surface area contributed by atoms with Crippen molar-refractivity contribution in [3.63, 3.8) is 0 Å². The van der Waals surface area contributed by atoms with Gasteiger partial charge in [-0.05, 0) is 49.8 Å². The molecule has 0 N–H and O–H groups in total. The Kier molecular flexibility index (Phi) is 1.49. The Morgan fingerprint density at radius 3 is 2.73 bits per heavy atom. The van der Waals surface area contributed by atoms with Crippen LogP contribution in [0, 0.1) is 13.8 Å². The lowest BCUT2D eigenvalue weighted by Crippen LogP contribution is -1.88. The SMILES string of the molecule is Cc1cc(C)c2c(c1)CCC2. The monoisotopic (exact) mass is 146 g/mol. The van der Waals surface area contributed by atoms with E-state index in [2.05, 4.69) is 26.0 Å². The Hall–Kier alpha value is -0.780. The van der Waals surface area contributed by atoms with E-state index >= 15 is 0 Å². The van der Waals surface area contributed by atoms with E-state index in [1.54, 1.807) is 11.1 Å². The molecule has 0 amide bonds.